The Balaban J connectivity index is 2.28. The molecule has 0 saturated heterocycles. The van der Waals surface area contributed by atoms with E-state index in [0.29, 0.717) is 5.56 Å². The lowest BCUT2D eigenvalue weighted by atomic mass is 10.1. The molecule has 0 aromatic heterocycles. The van der Waals surface area contributed by atoms with E-state index in [9.17, 15) is 4.79 Å². The molecule has 0 aliphatic heterocycles. The maximum Gasteiger partial charge on any atom is 0.255 e. The second-order valence-electron chi connectivity index (χ2n) is 4.63. The Hall–Kier alpha value is -1.71. The van der Waals surface area contributed by atoms with Crippen LogP contribution < -0.4 is 11.1 Å². The molecule has 20 heavy (non-hydrogen) atoms. The normalized spacial score (nSPS) is 10.4. The summed E-state index contributed by atoms with van der Waals surface area (Å²) in [4.78, 5) is 12.2. The van der Waals surface area contributed by atoms with Crippen LogP contribution in [0.5, 0.6) is 0 Å². The van der Waals surface area contributed by atoms with Crippen molar-refractivity contribution in [3.8, 4) is 0 Å². The molecule has 0 aliphatic rings. The molecule has 2 aromatic rings. The highest BCUT2D eigenvalue weighted by Gasteiger charge is 2.12. The summed E-state index contributed by atoms with van der Waals surface area (Å²) >= 11 is 11.9. The maximum atomic E-state index is 12.2. The number of hydrogen-bond acceptors (Lipinski definition) is 2. The van der Waals surface area contributed by atoms with Crippen LogP contribution in [-0.4, -0.2) is 5.91 Å². The van der Waals surface area contributed by atoms with E-state index >= 15 is 0 Å². The number of amides is 1. The van der Waals surface area contributed by atoms with Gasteiger partial charge in [-0.25, -0.2) is 0 Å². The summed E-state index contributed by atoms with van der Waals surface area (Å²) in [5.41, 5.74) is 9.18. The predicted octanol–water partition coefficient (Wildman–Crippen LogP) is 4.44. The van der Waals surface area contributed by atoms with E-state index in [2.05, 4.69) is 5.32 Å². The lowest BCUT2D eigenvalue weighted by molar-refractivity contribution is 0.102. The van der Waals surface area contributed by atoms with Crippen LogP contribution in [0.1, 0.15) is 21.5 Å². The minimum Gasteiger partial charge on any atom is -0.396 e. The van der Waals surface area contributed by atoms with Gasteiger partial charge in [0.2, 0.25) is 0 Å². The lowest BCUT2D eigenvalue weighted by Gasteiger charge is -2.10. The van der Waals surface area contributed by atoms with Gasteiger partial charge in [0.25, 0.3) is 5.91 Å². The fourth-order valence-corrected chi connectivity index (χ4v) is 2.35. The first-order valence-corrected chi connectivity index (χ1v) is 6.77. The van der Waals surface area contributed by atoms with Crippen LogP contribution in [0, 0.1) is 13.8 Å². The third kappa shape index (κ3) is 3.06. The quantitative estimate of drug-likeness (QED) is 0.806. The lowest BCUT2D eigenvalue weighted by Crippen LogP contribution is -2.13. The zero-order valence-corrected chi connectivity index (χ0v) is 12.6. The molecule has 1 amide bonds. The van der Waals surface area contributed by atoms with Gasteiger partial charge in [-0.05, 0) is 37.6 Å². The molecule has 104 valence electrons. The SMILES string of the molecule is Cc1ccc(NC(=O)c2cc(Cl)c(N)c(Cl)c2)c(C)c1. The van der Waals surface area contributed by atoms with Crippen molar-refractivity contribution in [2.24, 2.45) is 0 Å². The standard InChI is InChI=1S/C15H14Cl2N2O/c1-8-3-4-13(9(2)5-8)19-15(20)10-6-11(16)14(18)12(17)7-10/h3-7H,18H2,1-2H3,(H,19,20). The zero-order chi connectivity index (χ0) is 14.9. The van der Waals surface area contributed by atoms with Crippen LogP contribution in [0.15, 0.2) is 30.3 Å². The van der Waals surface area contributed by atoms with Crippen LogP contribution in [0.3, 0.4) is 0 Å². The minimum absolute atomic E-state index is 0.267. The minimum atomic E-state index is -0.277. The smallest absolute Gasteiger partial charge is 0.255 e. The topological polar surface area (TPSA) is 55.1 Å². The predicted molar refractivity (Wildman–Crippen MR) is 84.7 cm³/mol. The Morgan fingerprint density at radius 1 is 1.10 bits per heavy atom. The number of carbonyl (C=O) groups is 1. The summed E-state index contributed by atoms with van der Waals surface area (Å²) in [6, 6.07) is 8.80. The van der Waals surface area contributed by atoms with Gasteiger partial charge in [0.1, 0.15) is 0 Å². The molecule has 0 saturated carbocycles. The van der Waals surface area contributed by atoms with Gasteiger partial charge < -0.3 is 11.1 Å². The Bertz CT molecular complexity index is 661. The number of anilines is 2. The molecular weight excluding hydrogens is 295 g/mol. The first-order valence-electron chi connectivity index (χ1n) is 6.01. The van der Waals surface area contributed by atoms with Crippen molar-refractivity contribution in [3.63, 3.8) is 0 Å². The number of nitrogens with two attached hydrogens (primary N) is 1. The Labute approximate surface area is 127 Å². The van der Waals surface area contributed by atoms with Crippen LogP contribution in [0.4, 0.5) is 11.4 Å². The van der Waals surface area contributed by atoms with Gasteiger partial charge in [-0.15, -0.1) is 0 Å². The van der Waals surface area contributed by atoms with Gasteiger partial charge in [-0.3, -0.25) is 4.79 Å². The molecule has 0 heterocycles. The van der Waals surface area contributed by atoms with Crippen LogP contribution in [-0.2, 0) is 0 Å². The molecular formula is C15H14Cl2N2O. The first kappa shape index (κ1) is 14.7. The summed E-state index contributed by atoms with van der Waals surface area (Å²) < 4.78 is 0. The van der Waals surface area contributed by atoms with Crippen LogP contribution in [0.2, 0.25) is 10.0 Å². The monoisotopic (exact) mass is 308 g/mol. The number of nitrogens with one attached hydrogen (secondary N) is 1. The largest absolute Gasteiger partial charge is 0.396 e. The molecule has 0 spiro atoms. The van der Waals surface area contributed by atoms with Gasteiger partial charge in [-0.2, -0.15) is 0 Å². The second kappa shape index (κ2) is 5.73. The number of benzene rings is 2. The molecule has 2 rings (SSSR count). The fraction of sp³-hybridized carbons (Fsp3) is 0.133. The Kier molecular flexibility index (Phi) is 4.21. The summed E-state index contributed by atoms with van der Waals surface area (Å²) in [6.45, 7) is 3.93. The number of hydrogen-bond donors (Lipinski definition) is 2. The molecule has 0 radical (unpaired) electrons. The van der Waals surface area contributed by atoms with Crippen LogP contribution >= 0.6 is 23.2 Å². The van der Waals surface area contributed by atoms with E-state index in [-0.39, 0.29) is 21.6 Å². The number of carbonyl (C=O) groups excluding carboxylic acids is 1. The van der Waals surface area contributed by atoms with E-state index < -0.39 is 0 Å². The number of nitrogen functional groups attached to an aromatic ring is 1. The average molecular weight is 309 g/mol. The van der Waals surface area contributed by atoms with Crippen molar-refractivity contribution in [2.75, 3.05) is 11.1 Å². The molecule has 0 fully saturated rings. The van der Waals surface area contributed by atoms with Crippen molar-refractivity contribution in [1.29, 1.82) is 0 Å². The van der Waals surface area contributed by atoms with Gasteiger partial charge in [-0.1, -0.05) is 40.9 Å². The Morgan fingerprint density at radius 2 is 1.70 bits per heavy atom. The zero-order valence-electron chi connectivity index (χ0n) is 11.1. The third-order valence-electron chi connectivity index (χ3n) is 2.97. The highest BCUT2D eigenvalue weighted by atomic mass is 35.5. The first-order chi connectivity index (χ1) is 9.38. The summed E-state index contributed by atoms with van der Waals surface area (Å²) in [6.07, 6.45) is 0. The number of halogens is 2. The molecule has 3 N–H and O–H groups in total. The van der Waals surface area contributed by atoms with Crippen LogP contribution in [0.25, 0.3) is 0 Å². The average Bonchev–Trinajstić information content (AvgIpc) is 2.38. The van der Waals surface area contributed by atoms with Crippen molar-refractivity contribution in [2.45, 2.75) is 13.8 Å². The molecule has 3 nitrogen and oxygen atoms in total. The van der Waals surface area contributed by atoms with E-state index in [1.807, 2.05) is 32.0 Å². The molecule has 0 unspecified atom stereocenters. The van der Waals surface area contributed by atoms with E-state index in [4.69, 9.17) is 28.9 Å². The summed E-state index contributed by atoms with van der Waals surface area (Å²) in [5.74, 6) is -0.277. The fourth-order valence-electron chi connectivity index (χ4n) is 1.86. The van der Waals surface area contributed by atoms with Gasteiger partial charge in [0.05, 0.1) is 15.7 Å². The molecule has 0 aliphatic carbocycles. The van der Waals surface area contributed by atoms with Crippen molar-refractivity contribution in [1.82, 2.24) is 0 Å². The second-order valence-corrected chi connectivity index (χ2v) is 5.44. The highest BCUT2D eigenvalue weighted by Crippen LogP contribution is 2.29. The Morgan fingerprint density at radius 3 is 2.25 bits per heavy atom. The summed E-state index contributed by atoms with van der Waals surface area (Å²) in [7, 11) is 0. The third-order valence-corrected chi connectivity index (χ3v) is 3.60. The molecule has 2 aromatic carbocycles. The van der Waals surface area contributed by atoms with Crippen molar-refractivity contribution in [3.05, 3.63) is 57.1 Å². The van der Waals surface area contributed by atoms with Crippen molar-refractivity contribution < 1.29 is 4.79 Å². The highest BCUT2D eigenvalue weighted by molar-refractivity contribution is 6.39. The van der Waals surface area contributed by atoms with Gasteiger partial charge >= 0.3 is 0 Å². The van der Waals surface area contributed by atoms with E-state index in [1.165, 1.54) is 12.1 Å². The van der Waals surface area contributed by atoms with E-state index in [1.54, 1.807) is 0 Å². The van der Waals surface area contributed by atoms with E-state index in [0.717, 1.165) is 16.8 Å². The molecule has 0 atom stereocenters. The van der Waals surface area contributed by atoms with Gasteiger partial charge in [0.15, 0.2) is 0 Å². The van der Waals surface area contributed by atoms with Gasteiger partial charge in [0, 0.05) is 11.3 Å². The number of rotatable bonds is 2. The van der Waals surface area contributed by atoms with Crippen molar-refractivity contribution >= 4 is 40.5 Å². The molecule has 5 heteroatoms. The molecule has 0 bridgehead atoms. The number of aryl methyl sites for hydroxylation is 2. The summed E-state index contributed by atoms with van der Waals surface area (Å²) in [5, 5.41) is 3.36. The maximum absolute atomic E-state index is 12.2.